The first-order valence-electron chi connectivity index (χ1n) is 7.05. The summed E-state index contributed by atoms with van der Waals surface area (Å²) in [5.41, 5.74) is 7.33. The Bertz CT molecular complexity index is 414. The van der Waals surface area contributed by atoms with Crippen LogP contribution in [-0.2, 0) is 0 Å². The Kier molecular flexibility index (Phi) is 4.77. The van der Waals surface area contributed by atoms with E-state index in [1.54, 1.807) is 6.07 Å². The summed E-state index contributed by atoms with van der Waals surface area (Å²) < 4.78 is 14.2. The SMILES string of the molecule is CC(CCN)c1ccc(N2CCN(C)CC2)c(F)c1. The number of rotatable bonds is 4. The van der Waals surface area contributed by atoms with Crippen molar-refractivity contribution in [3.05, 3.63) is 29.6 Å². The van der Waals surface area contributed by atoms with Crippen molar-refractivity contribution in [2.45, 2.75) is 19.3 Å². The van der Waals surface area contributed by atoms with Gasteiger partial charge in [-0.3, -0.25) is 0 Å². The number of hydrogen-bond acceptors (Lipinski definition) is 3. The molecule has 0 amide bonds. The lowest BCUT2D eigenvalue weighted by Gasteiger charge is -2.34. The van der Waals surface area contributed by atoms with E-state index >= 15 is 0 Å². The fraction of sp³-hybridized carbons (Fsp3) is 0.600. The second-order valence-electron chi connectivity index (χ2n) is 5.48. The molecule has 2 N–H and O–H groups in total. The fourth-order valence-electron chi connectivity index (χ4n) is 2.55. The lowest BCUT2D eigenvalue weighted by molar-refractivity contribution is 0.311. The van der Waals surface area contributed by atoms with E-state index in [0.717, 1.165) is 43.9 Å². The van der Waals surface area contributed by atoms with Gasteiger partial charge in [-0.2, -0.15) is 0 Å². The summed E-state index contributed by atoms with van der Waals surface area (Å²) in [7, 11) is 2.10. The van der Waals surface area contributed by atoms with Gasteiger partial charge in [0.15, 0.2) is 0 Å². The number of anilines is 1. The highest BCUT2D eigenvalue weighted by Gasteiger charge is 2.18. The average Bonchev–Trinajstić information content (AvgIpc) is 2.40. The summed E-state index contributed by atoms with van der Waals surface area (Å²) in [6, 6.07) is 5.63. The van der Waals surface area contributed by atoms with Crippen LogP contribution >= 0.6 is 0 Å². The first kappa shape index (κ1) is 14.3. The van der Waals surface area contributed by atoms with Crippen molar-refractivity contribution in [2.75, 3.05) is 44.7 Å². The highest BCUT2D eigenvalue weighted by molar-refractivity contribution is 5.50. The van der Waals surface area contributed by atoms with E-state index in [1.807, 2.05) is 12.1 Å². The minimum Gasteiger partial charge on any atom is -0.367 e. The lowest BCUT2D eigenvalue weighted by Crippen LogP contribution is -2.44. The van der Waals surface area contributed by atoms with Crippen LogP contribution in [0.4, 0.5) is 10.1 Å². The number of nitrogens with two attached hydrogens (primary N) is 1. The molecule has 106 valence electrons. The maximum atomic E-state index is 14.2. The van der Waals surface area contributed by atoms with E-state index in [1.165, 1.54) is 0 Å². The molecule has 0 aliphatic carbocycles. The van der Waals surface area contributed by atoms with Gasteiger partial charge in [-0.05, 0) is 43.6 Å². The molecule has 1 aromatic carbocycles. The third-order valence-electron chi connectivity index (χ3n) is 3.98. The van der Waals surface area contributed by atoms with Crippen molar-refractivity contribution < 1.29 is 4.39 Å². The quantitative estimate of drug-likeness (QED) is 0.904. The first-order chi connectivity index (χ1) is 9.11. The molecule has 4 heteroatoms. The summed E-state index contributed by atoms with van der Waals surface area (Å²) in [4.78, 5) is 4.40. The molecule has 3 nitrogen and oxygen atoms in total. The minimum absolute atomic E-state index is 0.106. The van der Waals surface area contributed by atoms with Crippen molar-refractivity contribution in [1.29, 1.82) is 0 Å². The Balaban J connectivity index is 2.10. The van der Waals surface area contributed by atoms with Gasteiger partial charge in [0.05, 0.1) is 5.69 Å². The molecule has 1 aliphatic heterocycles. The smallest absolute Gasteiger partial charge is 0.146 e. The maximum Gasteiger partial charge on any atom is 0.146 e. The van der Waals surface area contributed by atoms with E-state index in [-0.39, 0.29) is 5.82 Å². The highest BCUT2D eigenvalue weighted by atomic mass is 19.1. The van der Waals surface area contributed by atoms with Gasteiger partial charge in [-0.1, -0.05) is 13.0 Å². The lowest BCUT2D eigenvalue weighted by atomic mass is 9.97. The third-order valence-corrected chi connectivity index (χ3v) is 3.98. The predicted octanol–water partition coefficient (Wildman–Crippen LogP) is 2.03. The highest BCUT2D eigenvalue weighted by Crippen LogP contribution is 2.26. The third kappa shape index (κ3) is 3.45. The zero-order chi connectivity index (χ0) is 13.8. The molecule has 0 aromatic heterocycles. The predicted molar refractivity (Wildman–Crippen MR) is 78.2 cm³/mol. The number of hydrogen-bond donors (Lipinski definition) is 1. The van der Waals surface area contributed by atoms with Crippen molar-refractivity contribution in [1.82, 2.24) is 4.90 Å². The van der Waals surface area contributed by atoms with Gasteiger partial charge >= 0.3 is 0 Å². The molecule has 19 heavy (non-hydrogen) atoms. The van der Waals surface area contributed by atoms with Crippen LogP contribution in [0, 0.1) is 5.82 Å². The summed E-state index contributed by atoms with van der Waals surface area (Å²) >= 11 is 0. The van der Waals surface area contributed by atoms with Crippen LogP contribution in [0.5, 0.6) is 0 Å². The Hall–Kier alpha value is -1.13. The van der Waals surface area contributed by atoms with Crippen molar-refractivity contribution in [3.63, 3.8) is 0 Å². The number of piperazine rings is 1. The van der Waals surface area contributed by atoms with Gasteiger partial charge in [0.2, 0.25) is 0 Å². The Morgan fingerprint density at radius 1 is 1.26 bits per heavy atom. The summed E-state index contributed by atoms with van der Waals surface area (Å²) in [5, 5.41) is 0. The molecule has 0 saturated carbocycles. The Morgan fingerprint density at radius 2 is 1.95 bits per heavy atom. The van der Waals surface area contributed by atoms with Gasteiger partial charge in [0, 0.05) is 26.2 Å². The average molecular weight is 265 g/mol. The van der Waals surface area contributed by atoms with Gasteiger partial charge in [0.25, 0.3) is 0 Å². The molecule has 0 spiro atoms. The monoisotopic (exact) mass is 265 g/mol. The summed E-state index contributed by atoms with van der Waals surface area (Å²) in [6.45, 7) is 6.51. The van der Waals surface area contributed by atoms with Gasteiger partial charge in [-0.25, -0.2) is 4.39 Å². The maximum absolute atomic E-state index is 14.2. The zero-order valence-corrected chi connectivity index (χ0v) is 11.9. The summed E-state index contributed by atoms with van der Waals surface area (Å²) in [6.07, 6.45) is 0.896. The molecule has 2 rings (SSSR count). The topological polar surface area (TPSA) is 32.5 Å². The van der Waals surface area contributed by atoms with Crippen LogP contribution in [0.2, 0.25) is 0 Å². The van der Waals surface area contributed by atoms with Crippen molar-refractivity contribution in [2.24, 2.45) is 5.73 Å². The summed E-state index contributed by atoms with van der Waals surface area (Å²) in [5.74, 6) is 0.215. The first-order valence-corrected chi connectivity index (χ1v) is 7.05. The van der Waals surface area contributed by atoms with E-state index in [4.69, 9.17) is 5.73 Å². The van der Waals surface area contributed by atoms with Crippen LogP contribution in [-0.4, -0.2) is 44.7 Å². The number of benzene rings is 1. The Labute approximate surface area is 115 Å². The Morgan fingerprint density at radius 3 is 2.53 bits per heavy atom. The van der Waals surface area contributed by atoms with E-state index in [2.05, 4.69) is 23.8 Å². The van der Waals surface area contributed by atoms with Crippen LogP contribution in [0.25, 0.3) is 0 Å². The number of nitrogens with zero attached hydrogens (tertiary/aromatic N) is 2. The number of halogens is 1. The van der Waals surface area contributed by atoms with Gasteiger partial charge in [-0.15, -0.1) is 0 Å². The van der Waals surface area contributed by atoms with Gasteiger partial charge in [0.1, 0.15) is 5.82 Å². The normalized spacial score (nSPS) is 18.6. The molecule has 1 aliphatic rings. The fourth-order valence-corrected chi connectivity index (χ4v) is 2.55. The van der Waals surface area contributed by atoms with Crippen LogP contribution < -0.4 is 10.6 Å². The molecule has 1 atom stereocenters. The molecule has 1 unspecified atom stereocenters. The van der Waals surface area contributed by atoms with Crippen molar-refractivity contribution >= 4 is 5.69 Å². The minimum atomic E-state index is -0.106. The van der Waals surface area contributed by atoms with E-state index in [0.29, 0.717) is 12.5 Å². The molecular weight excluding hydrogens is 241 g/mol. The standard InChI is InChI=1S/C15H24FN3/c1-12(5-6-17)13-3-4-15(14(16)11-13)19-9-7-18(2)8-10-19/h3-4,11-12H,5-10,17H2,1-2H3. The molecule has 1 aromatic rings. The van der Waals surface area contributed by atoms with E-state index < -0.39 is 0 Å². The largest absolute Gasteiger partial charge is 0.367 e. The van der Waals surface area contributed by atoms with Crippen LogP contribution in [0.1, 0.15) is 24.8 Å². The molecule has 1 fully saturated rings. The second kappa shape index (κ2) is 6.35. The molecule has 1 saturated heterocycles. The van der Waals surface area contributed by atoms with Crippen LogP contribution in [0.3, 0.4) is 0 Å². The second-order valence-corrected chi connectivity index (χ2v) is 5.48. The van der Waals surface area contributed by atoms with Gasteiger partial charge < -0.3 is 15.5 Å². The number of likely N-dealkylation sites (N-methyl/N-ethyl adjacent to an activating group) is 1. The van der Waals surface area contributed by atoms with Crippen molar-refractivity contribution in [3.8, 4) is 0 Å². The zero-order valence-electron chi connectivity index (χ0n) is 11.9. The van der Waals surface area contributed by atoms with Crippen LogP contribution in [0.15, 0.2) is 18.2 Å². The molecule has 0 bridgehead atoms. The van der Waals surface area contributed by atoms with E-state index in [9.17, 15) is 4.39 Å². The molecular formula is C15H24FN3. The molecule has 0 radical (unpaired) electrons. The molecule has 1 heterocycles.